The zero-order chi connectivity index (χ0) is 19.4. The van der Waals surface area contributed by atoms with Crippen molar-refractivity contribution in [3.8, 4) is 0 Å². The molecule has 2 amide bonds. The highest BCUT2D eigenvalue weighted by Gasteiger charge is 2.17. The van der Waals surface area contributed by atoms with Crippen LogP contribution in [0, 0.1) is 10.1 Å². The minimum absolute atomic E-state index is 0.0450. The smallest absolute Gasteiger partial charge is 0.272 e. The molecule has 27 heavy (non-hydrogen) atoms. The number of benzene rings is 2. The normalized spacial score (nSPS) is 11.2. The van der Waals surface area contributed by atoms with Gasteiger partial charge in [-0.1, -0.05) is 12.1 Å². The molecule has 0 atom stereocenters. The summed E-state index contributed by atoms with van der Waals surface area (Å²) < 4.78 is 0.912. The fraction of sp³-hybridized carbons (Fsp3) is 0.0556. The van der Waals surface area contributed by atoms with E-state index in [0.717, 1.165) is 10.2 Å². The largest absolute Gasteiger partial charge is 0.274 e. The minimum Gasteiger partial charge on any atom is -0.274 e. The van der Waals surface area contributed by atoms with Gasteiger partial charge in [-0.3, -0.25) is 30.6 Å². The van der Waals surface area contributed by atoms with Crippen molar-refractivity contribution in [3.05, 3.63) is 69.2 Å². The van der Waals surface area contributed by atoms with Crippen LogP contribution in [0.1, 0.15) is 17.5 Å². The number of non-ortho nitro benzene ring substituents is 1. The number of amides is 2. The summed E-state index contributed by atoms with van der Waals surface area (Å²) >= 11 is 1.33. The van der Waals surface area contributed by atoms with Gasteiger partial charge >= 0.3 is 0 Å². The number of carbonyl (C=O) groups excluding carboxylic acids is 2. The molecule has 2 N–H and O–H groups in total. The predicted octanol–water partition coefficient (Wildman–Crippen LogP) is 2.91. The first-order valence-electron chi connectivity index (χ1n) is 7.83. The molecule has 0 aliphatic carbocycles. The van der Waals surface area contributed by atoms with Gasteiger partial charge in [0.15, 0.2) is 0 Å². The maximum Gasteiger partial charge on any atom is 0.272 e. The Morgan fingerprint density at radius 2 is 1.81 bits per heavy atom. The monoisotopic (exact) mass is 382 g/mol. The predicted molar refractivity (Wildman–Crippen MR) is 103 cm³/mol. The van der Waals surface area contributed by atoms with E-state index in [1.165, 1.54) is 42.5 Å². The Balaban J connectivity index is 2.01. The van der Waals surface area contributed by atoms with Crippen LogP contribution in [-0.4, -0.2) is 21.7 Å². The lowest BCUT2D eigenvalue weighted by Crippen LogP contribution is -2.40. The highest BCUT2D eigenvalue weighted by Crippen LogP contribution is 2.28. The van der Waals surface area contributed by atoms with E-state index in [4.69, 9.17) is 0 Å². The molecule has 0 saturated heterocycles. The minimum atomic E-state index is -0.539. The van der Waals surface area contributed by atoms with Crippen LogP contribution in [0.25, 0.3) is 21.9 Å². The highest BCUT2D eigenvalue weighted by molar-refractivity contribution is 7.19. The van der Waals surface area contributed by atoms with Crippen LogP contribution >= 0.6 is 11.3 Å². The number of thiazole rings is 1. The average Bonchev–Trinajstić information content (AvgIpc) is 3.08. The average molecular weight is 382 g/mol. The van der Waals surface area contributed by atoms with Gasteiger partial charge in [-0.05, 0) is 35.9 Å². The topological polar surface area (TPSA) is 114 Å². The third-order valence-corrected chi connectivity index (χ3v) is 4.61. The number of para-hydroxylation sites is 1. The number of hydrazine groups is 1. The molecule has 0 aliphatic heterocycles. The van der Waals surface area contributed by atoms with E-state index in [2.05, 4.69) is 15.8 Å². The summed E-state index contributed by atoms with van der Waals surface area (Å²) in [6, 6.07) is 13.2. The highest BCUT2D eigenvalue weighted by atomic mass is 32.1. The summed E-state index contributed by atoms with van der Waals surface area (Å²) in [5.41, 5.74) is 6.10. The van der Waals surface area contributed by atoms with Crippen molar-refractivity contribution in [2.24, 2.45) is 0 Å². The number of nitro groups is 1. The molecule has 0 saturated carbocycles. The van der Waals surface area contributed by atoms with Gasteiger partial charge in [-0.25, -0.2) is 4.98 Å². The van der Waals surface area contributed by atoms with Crippen molar-refractivity contribution in [2.75, 3.05) is 0 Å². The van der Waals surface area contributed by atoms with E-state index < -0.39 is 16.7 Å². The molecule has 3 aromatic rings. The molecule has 136 valence electrons. The molecule has 3 rings (SSSR count). The van der Waals surface area contributed by atoms with Crippen LogP contribution in [0.15, 0.2) is 48.5 Å². The van der Waals surface area contributed by atoms with Crippen molar-refractivity contribution in [1.29, 1.82) is 0 Å². The number of hydrogen-bond acceptors (Lipinski definition) is 6. The quantitative estimate of drug-likeness (QED) is 0.409. The molecule has 8 nitrogen and oxygen atoms in total. The molecule has 9 heteroatoms. The van der Waals surface area contributed by atoms with E-state index in [1.807, 2.05) is 24.3 Å². The molecular formula is C18H14N4O4S. The van der Waals surface area contributed by atoms with Crippen molar-refractivity contribution >= 4 is 50.7 Å². The first kappa shape index (κ1) is 18.2. The number of fused-ring (bicyclic) bond motifs is 1. The van der Waals surface area contributed by atoms with Gasteiger partial charge in [0.2, 0.25) is 5.91 Å². The molecule has 1 aromatic heterocycles. The number of rotatable bonds is 4. The Morgan fingerprint density at radius 1 is 1.11 bits per heavy atom. The number of carbonyl (C=O) groups is 2. The summed E-state index contributed by atoms with van der Waals surface area (Å²) in [6.07, 6.45) is 1.57. The fourth-order valence-electron chi connectivity index (χ4n) is 2.28. The second-order valence-electron chi connectivity index (χ2n) is 5.53. The lowest BCUT2D eigenvalue weighted by atomic mass is 10.1. The zero-order valence-electron chi connectivity index (χ0n) is 14.1. The summed E-state index contributed by atoms with van der Waals surface area (Å²) in [4.78, 5) is 38.4. The van der Waals surface area contributed by atoms with Crippen LogP contribution in [0.3, 0.4) is 0 Å². The van der Waals surface area contributed by atoms with Gasteiger partial charge < -0.3 is 0 Å². The van der Waals surface area contributed by atoms with Crippen LogP contribution in [0.2, 0.25) is 0 Å². The maximum absolute atomic E-state index is 12.6. The first-order valence-corrected chi connectivity index (χ1v) is 8.65. The molecule has 0 unspecified atom stereocenters. The molecule has 1 heterocycles. The van der Waals surface area contributed by atoms with Crippen LogP contribution in [0.5, 0.6) is 0 Å². The fourth-order valence-corrected chi connectivity index (χ4v) is 3.26. The third-order valence-electron chi connectivity index (χ3n) is 3.54. The summed E-state index contributed by atoms with van der Waals surface area (Å²) in [5.74, 6) is -0.954. The van der Waals surface area contributed by atoms with Crippen molar-refractivity contribution in [1.82, 2.24) is 15.8 Å². The summed E-state index contributed by atoms with van der Waals surface area (Å²) in [5, 5.41) is 11.3. The number of hydrogen-bond donors (Lipinski definition) is 2. The molecule has 0 aliphatic rings. The van der Waals surface area contributed by atoms with Gasteiger partial charge in [0, 0.05) is 19.1 Å². The SMILES string of the molecule is CC(=O)NNC(=O)/C(=C/c1ccc([N+](=O)[O-])cc1)c1nc2ccccc2s1. The van der Waals surface area contributed by atoms with E-state index in [0.29, 0.717) is 10.6 Å². The molecule has 0 fully saturated rings. The Labute approximate surface area is 157 Å². The maximum atomic E-state index is 12.6. The number of nitrogens with one attached hydrogen (secondary N) is 2. The van der Waals surface area contributed by atoms with E-state index >= 15 is 0 Å². The van der Waals surface area contributed by atoms with E-state index in [-0.39, 0.29) is 11.3 Å². The zero-order valence-corrected chi connectivity index (χ0v) is 14.9. The number of nitrogens with zero attached hydrogens (tertiary/aromatic N) is 2. The Morgan fingerprint density at radius 3 is 2.44 bits per heavy atom. The molecule has 0 spiro atoms. The summed E-state index contributed by atoms with van der Waals surface area (Å²) in [7, 11) is 0. The second kappa shape index (κ2) is 7.75. The van der Waals surface area contributed by atoms with Crippen LogP contribution in [-0.2, 0) is 9.59 Å². The Bertz CT molecular complexity index is 1020. The second-order valence-corrected chi connectivity index (χ2v) is 6.56. The Hall–Kier alpha value is -3.59. The third kappa shape index (κ3) is 4.33. The van der Waals surface area contributed by atoms with Gasteiger partial charge in [0.05, 0.1) is 20.7 Å². The molecule has 0 bridgehead atoms. The first-order chi connectivity index (χ1) is 12.9. The van der Waals surface area contributed by atoms with Crippen molar-refractivity contribution in [2.45, 2.75) is 6.92 Å². The lowest BCUT2D eigenvalue weighted by molar-refractivity contribution is -0.384. The van der Waals surface area contributed by atoms with E-state index in [1.54, 1.807) is 6.08 Å². The standard InChI is InChI=1S/C18H14N4O4S/c1-11(23)20-21-17(24)14(10-12-6-8-13(9-7-12)22(25)26)18-19-15-4-2-3-5-16(15)27-18/h2-10H,1H3,(H,20,23)(H,21,24)/b14-10-. The molecule has 2 aromatic carbocycles. The Kier molecular flexibility index (Phi) is 5.23. The summed E-state index contributed by atoms with van der Waals surface area (Å²) in [6.45, 7) is 1.28. The van der Waals surface area contributed by atoms with Crippen molar-refractivity contribution < 1.29 is 14.5 Å². The van der Waals surface area contributed by atoms with Crippen LogP contribution in [0.4, 0.5) is 5.69 Å². The van der Waals surface area contributed by atoms with Gasteiger partial charge in [-0.2, -0.15) is 0 Å². The van der Waals surface area contributed by atoms with Crippen LogP contribution < -0.4 is 10.9 Å². The number of nitro benzene ring substituents is 1. The van der Waals surface area contributed by atoms with Crippen molar-refractivity contribution in [3.63, 3.8) is 0 Å². The molecule has 0 radical (unpaired) electrons. The molecular weight excluding hydrogens is 368 g/mol. The van der Waals surface area contributed by atoms with Gasteiger partial charge in [0.25, 0.3) is 11.6 Å². The van der Waals surface area contributed by atoms with E-state index in [9.17, 15) is 19.7 Å². The van der Waals surface area contributed by atoms with Gasteiger partial charge in [0.1, 0.15) is 5.01 Å². The lowest BCUT2D eigenvalue weighted by Gasteiger charge is -2.07. The number of aromatic nitrogens is 1. The van der Waals surface area contributed by atoms with Gasteiger partial charge in [-0.15, -0.1) is 11.3 Å².